The van der Waals surface area contributed by atoms with E-state index in [1.807, 2.05) is 0 Å². The van der Waals surface area contributed by atoms with Gasteiger partial charge in [-0.15, -0.1) is 0 Å². The quantitative estimate of drug-likeness (QED) is 0.386. The minimum absolute atomic E-state index is 0. The second kappa shape index (κ2) is 25.8. The molecule has 0 aliphatic heterocycles. The predicted octanol–water partition coefficient (Wildman–Crippen LogP) is 0.275. The molecule has 0 bridgehead atoms. The molecule has 0 saturated carbocycles. The maximum Gasteiger partial charge on any atom is 0 e. The van der Waals surface area contributed by atoms with Gasteiger partial charge in [-0.2, -0.15) is 0 Å². The van der Waals surface area contributed by atoms with Crippen molar-refractivity contribution in [2.75, 3.05) is 0 Å². The van der Waals surface area contributed by atoms with Crippen molar-refractivity contribution in [2.24, 2.45) is 0 Å². The number of hydrogen-bond acceptors (Lipinski definition) is 1. The minimum atomic E-state index is 0. The Hall–Kier alpha value is 1.53. The molecule has 0 amide bonds. The molecule has 0 aromatic heterocycles. The van der Waals surface area contributed by atoms with E-state index in [1.54, 1.807) is 0 Å². The van der Waals surface area contributed by atoms with E-state index in [2.05, 4.69) is 6.58 Å². The average molecular weight is 298 g/mol. The second-order valence-corrected chi connectivity index (χ2v) is 0.322. The van der Waals surface area contributed by atoms with Gasteiger partial charge in [-0.25, -0.2) is 12.7 Å². The summed E-state index contributed by atoms with van der Waals surface area (Å²) >= 11 is 0. The van der Waals surface area contributed by atoms with Crippen LogP contribution in [0.3, 0.4) is 0 Å². The zero-order valence-corrected chi connectivity index (χ0v) is 9.10. The van der Waals surface area contributed by atoms with Gasteiger partial charge in [0.2, 0.25) is 0 Å². The van der Waals surface area contributed by atoms with Crippen molar-refractivity contribution in [2.45, 2.75) is 0 Å². The van der Waals surface area contributed by atoms with Crippen molar-refractivity contribution in [1.82, 2.24) is 0 Å². The van der Waals surface area contributed by atoms with E-state index in [0.29, 0.717) is 0 Å². The van der Waals surface area contributed by atoms with Crippen LogP contribution in [-0.2, 0) is 69.9 Å². The molecule has 7 heavy (non-hydrogen) atoms. The van der Waals surface area contributed by atoms with Crippen molar-refractivity contribution in [3.8, 4) is 0 Å². The molecule has 0 heterocycles. The summed E-state index contributed by atoms with van der Waals surface area (Å²) in [6, 6.07) is 0. The van der Waals surface area contributed by atoms with Gasteiger partial charge in [0.25, 0.3) is 0 Å². The predicted molar refractivity (Wildman–Crippen MR) is 15.9 cm³/mol. The zero-order valence-electron chi connectivity index (χ0n) is 3.46. The largest absolute Gasteiger partial charge is 0.419 e. The molecule has 0 aromatic carbocycles. The van der Waals surface area contributed by atoms with Crippen molar-refractivity contribution in [3.63, 3.8) is 0 Å². The molecule has 0 aliphatic rings. The first kappa shape index (κ1) is 23.6. The van der Waals surface area contributed by atoms with E-state index in [4.69, 9.17) is 4.79 Å². The van der Waals surface area contributed by atoms with Crippen LogP contribution in [0.2, 0.25) is 0 Å². The number of carbonyl (C=O) groups excluding carboxylic acids is 1. The topological polar surface area (TPSA) is 17.1 Å². The van der Waals surface area contributed by atoms with Crippen molar-refractivity contribution in [3.05, 3.63) is 12.7 Å². The normalized spacial score (nSPS) is 2.86. The smallest absolute Gasteiger partial charge is 0 e. The molecule has 0 aliphatic carbocycles. The number of allylic oxidation sites excluding steroid dienone is 1. The van der Waals surface area contributed by atoms with Crippen molar-refractivity contribution >= 4 is 6.29 Å². The van der Waals surface area contributed by atoms with Gasteiger partial charge in [0.05, 0.1) is 0 Å². The van der Waals surface area contributed by atoms with E-state index in [0.717, 1.165) is 6.08 Å². The van der Waals surface area contributed by atoms with Crippen LogP contribution in [0.15, 0.2) is 12.7 Å². The molecule has 0 fully saturated rings. The average Bonchev–Trinajstić information content (AvgIpc) is 1.37. The SMILES string of the molecule is C=C[C-]=O.[Nb].[Ni].[Zr]. The van der Waals surface area contributed by atoms with Crippen LogP contribution < -0.4 is 0 Å². The standard InChI is InChI=1S/C3H3O.Nb.Ni.Zr/c1-2-3-4;;;/h2H,1H2;;;/q-1;;;. The summed E-state index contributed by atoms with van der Waals surface area (Å²) in [4.78, 5) is 8.93. The molecule has 0 N–H and O–H groups in total. The molecule has 0 unspecified atom stereocenters. The monoisotopic (exact) mass is 296 g/mol. The van der Waals surface area contributed by atoms with Gasteiger partial charge in [0.1, 0.15) is 0 Å². The van der Waals surface area contributed by atoms with Gasteiger partial charge in [0, 0.05) is 65.1 Å². The Balaban J connectivity index is -0.0000000150. The molecule has 0 saturated heterocycles. The molecule has 0 rings (SSSR count). The first-order valence-electron chi connectivity index (χ1n) is 0.901. The minimum Gasteiger partial charge on any atom is -0.419 e. The Labute approximate surface area is 87.9 Å². The van der Waals surface area contributed by atoms with Crippen LogP contribution in [0.1, 0.15) is 0 Å². The third-order valence-corrected chi connectivity index (χ3v) is 0.0833. The van der Waals surface area contributed by atoms with E-state index in [1.165, 1.54) is 6.29 Å². The zero-order chi connectivity index (χ0) is 3.41. The van der Waals surface area contributed by atoms with Gasteiger partial charge < -0.3 is 4.79 Å². The Bertz CT molecular complexity index is 35.9. The van der Waals surface area contributed by atoms with Gasteiger partial charge in [-0.3, -0.25) is 0 Å². The fraction of sp³-hybridized carbons (Fsp3) is 0. The molecule has 1 radical (unpaired) electrons. The summed E-state index contributed by atoms with van der Waals surface area (Å²) in [5, 5.41) is 0. The number of rotatable bonds is 1. The van der Waals surface area contributed by atoms with E-state index >= 15 is 0 Å². The Morgan fingerprint density at radius 1 is 1.57 bits per heavy atom. The molecule has 0 atom stereocenters. The maximum atomic E-state index is 8.93. The first-order chi connectivity index (χ1) is 1.91. The summed E-state index contributed by atoms with van der Waals surface area (Å²) in [6.45, 7) is 3.06. The molecule has 0 spiro atoms. The van der Waals surface area contributed by atoms with Gasteiger partial charge >= 0.3 is 0 Å². The van der Waals surface area contributed by atoms with Gasteiger partial charge in [0.15, 0.2) is 0 Å². The summed E-state index contributed by atoms with van der Waals surface area (Å²) in [5.41, 5.74) is 0. The van der Waals surface area contributed by atoms with Crippen LogP contribution in [-0.4, -0.2) is 6.29 Å². The van der Waals surface area contributed by atoms with Crippen molar-refractivity contribution < 1.29 is 69.9 Å². The van der Waals surface area contributed by atoms with Crippen LogP contribution in [0.4, 0.5) is 0 Å². The molecule has 1 nitrogen and oxygen atoms in total. The molecule has 0 aromatic rings. The van der Waals surface area contributed by atoms with Crippen LogP contribution >= 0.6 is 0 Å². The van der Waals surface area contributed by atoms with E-state index in [9.17, 15) is 0 Å². The van der Waals surface area contributed by atoms with E-state index in [-0.39, 0.29) is 65.1 Å². The summed E-state index contributed by atoms with van der Waals surface area (Å²) in [6.07, 6.45) is 2.51. The van der Waals surface area contributed by atoms with Gasteiger partial charge in [-0.1, -0.05) is 0 Å². The Morgan fingerprint density at radius 3 is 1.71 bits per heavy atom. The van der Waals surface area contributed by atoms with Crippen LogP contribution in [0, 0.1) is 0 Å². The molecular formula is C3H3NbNiOZr-. The van der Waals surface area contributed by atoms with Crippen LogP contribution in [0.5, 0.6) is 0 Å². The fourth-order valence-corrected chi connectivity index (χ4v) is 0. The molecular weight excluding hydrogens is 295 g/mol. The third-order valence-electron chi connectivity index (χ3n) is 0.0833. The maximum absolute atomic E-state index is 8.93. The molecule has 41 valence electrons. The summed E-state index contributed by atoms with van der Waals surface area (Å²) in [5.74, 6) is 0. The molecule has 4 heteroatoms. The summed E-state index contributed by atoms with van der Waals surface area (Å²) in [7, 11) is 0. The second-order valence-electron chi connectivity index (χ2n) is 0.322. The van der Waals surface area contributed by atoms with E-state index < -0.39 is 0 Å². The number of hydrogen-bond donors (Lipinski definition) is 0. The third kappa shape index (κ3) is 36.0. The summed E-state index contributed by atoms with van der Waals surface area (Å²) < 4.78 is 0. The Kier molecular flexibility index (Phi) is 86.8. The van der Waals surface area contributed by atoms with Gasteiger partial charge in [-0.05, 0) is 6.29 Å². The van der Waals surface area contributed by atoms with Crippen molar-refractivity contribution in [1.29, 1.82) is 0 Å². The van der Waals surface area contributed by atoms with Crippen LogP contribution in [0.25, 0.3) is 0 Å². The Morgan fingerprint density at radius 2 is 1.71 bits per heavy atom. The first-order valence-corrected chi connectivity index (χ1v) is 0.901. The fourth-order valence-electron chi connectivity index (χ4n) is 0.